The van der Waals surface area contributed by atoms with E-state index >= 15 is 0 Å². The van der Waals surface area contributed by atoms with E-state index in [1.54, 1.807) is 19.1 Å². The van der Waals surface area contributed by atoms with Gasteiger partial charge in [-0.1, -0.05) is 43.7 Å². The van der Waals surface area contributed by atoms with Crippen LogP contribution in [0.3, 0.4) is 0 Å². The Kier molecular flexibility index (Phi) is 10.3. The first-order chi connectivity index (χ1) is 25.8. The molecule has 8 rings (SSSR count). The normalized spacial score (nSPS) is 35.4. The van der Waals surface area contributed by atoms with Gasteiger partial charge in [0, 0.05) is 63.4 Å². The topological polar surface area (TPSA) is 114 Å². The first-order valence-electron chi connectivity index (χ1n) is 19.8. The minimum Gasteiger partial charge on any atom is -0.489 e. The van der Waals surface area contributed by atoms with E-state index in [1.165, 1.54) is 11.1 Å². The number of aromatic nitrogens is 1. The van der Waals surface area contributed by atoms with Crippen LogP contribution in [0.5, 0.6) is 5.75 Å². The molecule has 4 aliphatic heterocycles. The summed E-state index contributed by atoms with van der Waals surface area (Å²) >= 11 is 6.51. The number of hydrogen-bond donors (Lipinski definition) is 1. The number of allylic oxidation sites excluding steroid dienone is 1. The van der Waals surface area contributed by atoms with Gasteiger partial charge in [0.1, 0.15) is 11.3 Å². The highest BCUT2D eigenvalue weighted by atomic mass is 35.5. The van der Waals surface area contributed by atoms with Crippen molar-refractivity contribution in [2.75, 3.05) is 77.6 Å². The van der Waals surface area contributed by atoms with E-state index in [9.17, 15) is 13.2 Å². The molecule has 1 spiro atoms. The van der Waals surface area contributed by atoms with Gasteiger partial charge in [-0.25, -0.2) is 18.1 Å². The van der Waals surface area contributed by atoms with Crippen LogP contribution in [0.25, 0.3) is 0 Å². The number of anilines is 1. The van der Waals surface area contributed by atoms with Gasteiger partial charge in [-0.2, -0.15) is 0 Å². The van der Waals surface area contributed by atoms with Crippen molar-refractivity contribution in [3.8, 4) is 5.75 Å². The molecule has 1 amide bonds. The molecule has 1 unspecified atom stereocenters. The number of carbonyl (C=O) groups is 1. The van der Waals surface area contributed by atoms with Gasteiger partial charge < -0.3 is 19.1 Å². The molecule has 2 saturated heterocycles. The van der Waals surface area contributed by atoms with Crippen LogP contribution in [0, 0.1) is 17.3 Å². The number of pyridine rings is 1. The van der Waals surface area contributed by atoms with Gasteiger partial charge >= 0.3 is 0 Å². The van der Waals surface area contributed by atoms with E-state index in [0.29, 0.717) is 43.7 Å². The first-order valence-corrected chi connectivity index (χ1v) is 21.8. The lowest BCUT2D eigenvalue weighted by atomic mass is 9.54. The van der Waals surface area contributed by atoms with Crippen molar-refractivity contribution in [1.29, 1.82) is 0 Å². The Balaban J connectivity index is 1.19. The van der Waals surface area contributed by atoms with Gasteiger partial charge in [0.05, 0.1) is 31.1 Å². The molecule has 0 radical (unpaired) electrons. The number of nitrogens with zero attached hydrogens (tertiary/aromatic N) is 4. The van der Waals surface area contributed by atoms with Crippen LogP contribution < -0.4 is 14.4 Å². The summed E-state index contributed by atoms with van der Waals surface area (Å²) in [5.74, 6) is 0.382. The third-order valence-electron chi connectivity index (χ3n) is 13.9. The second kappa shape index (κ2) is 14.6. The Labute approximate surface area is 325 Å². The van der Waals surface area contributed by atoms with E-state index in [1.807, 2.05) is 20.1 Å². The summed E-state index contributed by atoms with van der Waals surface area (Å²) in [6.07, 6.45) is 9.86. The maximum Gasteiger partial charge on any atom is 0.283 e. The quantitative estimate of drug-likeness (QED) is 0.422. The number of methoxy groups -OCH3 is 1. The summed E-state index contributed by atoms with van der Waals surface area (Å²) < 4.78 is 48.5. The Morgan fingerprint density at radius 2 is 1.87 bits per heavy atom. The van der Waals surface area contributed by atoms with E-state index < -0.39 is 26.8 Å². The third kappa shape index (κ3) is 6.97. The SMILES string of the molecule is CO[C@@]1(CN2CCN(C3COC3)CC2)/C=C/C[C@H](C)[C@@H](C)S(=O)(=O)NC(=O)c2ccc3c(n2)N(CC2(C)CC[C@H]21)C[C@@]1(CCCc2cc(Cl)ccc21)CO3. The fraction of sp³-hybridized carbons (Fsp3) is 0.659. The molecule has 6 aliphatic rings. The van der Waals surface area contributed by atoms with Gasteiger partial charge in [0.2, 0.25) is 10.0 Å². The molecule has 2 bridgehead atoms. The van der Waals surface area contributed by atoms with Gasteiger partial charge in [0.25, 0.3) is 5.91 Å². The lowest BCUT2D eigenvalue weighted by Gasteiger charge is -2.58. The summed E-state index contributed by atoms with van der Waals surface area (Å²) in [4.78, 5) is 26.0. The average molecular weight is 782 g/mol. The molecule has 1 aromatic carbocycles. The maximum atomic E-state index is 13.7. The fourth-order valence-electron chi connectivity index (χ4n) is 10.2. The second-order valence-corrected chi connectivity index (χ2v) is 19.8. The van der Waals surface area contributed by atoms with Crippen molar-refractivity contribution in [2.45, 2.75) is 81.6 Å². The zero-order valence-electron chi connectivity index (χ0n) is 32.2. The van der Waals surface area contributed by atoms with Crippen molar-refractivity contribution in [3.63, 3.8) is 0 Å². The summed E-state index contributed by atoms with van der Waals surface area (Å²) in [7, 11) is -2.16. The van der Waals surface area contributed by atoms with E-state index in [2.05, 4.69) is 50.6 Å². The number of hydrogen-bond acceptors (Lipinski definition) is 10. The molecule has 2 aliphatic carbocycles. The third-order valence-corrected chi connectivity index (χ3v) is 16.1. The van der Waals surface area contributed by atoms with Gasteiger partial charge in [-0.3, -0.25) is 14.6 Å². The molecule has 294 valence electrons. The highest BCUT2D eigenvalue weighted by Gasteiger charge is 2.56. The molecule has 5 heterocycles. The number of fused-ring (bicyclic) bond motifs is 4. The van der Waals surface area contributed by atoms with Crippen LogP contribution in [0.1, 0.15) is 74.5 Å². The van der Waals surface area contributed by atoms with E-state index in [-0.39, 0.29) is 28.4 Å². The van der Waals surface area contributed by atoms with Crippen LogP contribution in [-0.4, -0.2) is 119 Å². The number of amides is 1. The zero-order valence-corrected chi connectivity index (χ0v) is 33.8. The minimum absolute atomic E-state index is 0.0544. The average Bonchev–Trinajstić information content (AvgIpc) is 3.26. The summed E-state index contributed by atoms with van der Waals surface area (Å²) in [5, 5.41) is -0.0780. The van der Waals surface area contributed by atoms with Crippen molar-refractivity contribution >= 4 is 33.3 Å². The zero-order chi connectivity index (χ0) is 37.9. The first kappa shape index (κ1) is 38.1. The van der Waals surface area contributed by atoms with Crippen molar-refractivity contribution in [3.05, 3.63) is 64.3 Å². The molecular weight excluding hydrogens is 726 g/mol. The summed E-state index contributed by atoms with van der Waals surface area (Å²) in [6, 6.07) is 10.1. The molecule has 1 saturated carbocycles. The van der Waals surface area contributed by atoms with E-state index in [4.69, 9.17) is 30.8 Å². The molecule has 13 heteroatoms. The predicted octanol–water partition coefficient (Wildman–Crippen LogP) is 5.07. The number of benzene rings is 1. The molecular formula is C41H56ClN5O6S. The van der Waals surface area contributed by atoms with Crippen molar-refractivity contribution in [1.82, 2.24) is 19.5 Å². The lowest BCUT2D eigenvalue weighted by molar-refractivity contribution is -0.134. The van der Waals surface area contributed by atoms with Gasteiger partial charge in [-0.05, 0) is 98.1 Å². The monoisotopic (exact) mass is 781 g/mol. The molecule has 54 heavy (non-hydrogen) atoms. The fourth-order valence-corrected chi connectivity index (χ4v) is 11.7. The number of aryl methyl sites for hydroxylation is 1. The van der Waals surface area contributed by atoms with Crippen molar-refractivity contribution < 1.29 is 27.4 Å². The van der Waals surface area contributed by atoms with Crippen LogP contribution in [0.15, 0.2) is 42.5 Å². The highest BCUT2D eigenvalue weighted by molar-refractivity contribution is 7.90. The highest BCUT2D eigenvalue weighted by Crippen LogP contribution is 2.55. The number of rotatable bonds is 4. The Bertz CT molecular complexity index is 1880. The lowest BCUT2D eigenvalue weighted by Crippen LogP contribution is -2.63. The molecule has 3 fully saturated rings. The van der Waals surface area contributed by atoms with Crippen LogP contribution in [0.2, 0.25) is 5.02 Å². The number of sulfonamides is 1. The second-order valence-electron chi connectivity index (χ2n) is 17.3. The predicted molar refractivity (Wildman–Crippen MR) is 210 cm³/mol. The number of nitrogens with one attached hydrogen (secondary N) is 1. The standard InChI is InChI=1S/C41H56ClN5O6S/c1-28-7-5-15-41(51-4,26-45-17-19-46(20-18-45)32-22-52-23-32)36-13-16-39(36,3)24-47-25-40(14-6-8-30-21-31(42)9-10-33(30)40)27-53-35-12-11-34(43-37(35)47)38(48)44-54(49,50)29(28)2/h5,9-12,15,21,28-29,32,36H,6-8,13-14,16-20,22-27H2,1-4H3,(H,44,48)/b15-5+/t28-,29+,36+,39?,40-,41+/m0/s1. The molecule has 6 atom stereocenters. The number of carbonyl (C=O) groups excluding carboxylic acids is 1. The Morgan fingerprint density at radius 1 is 1.07 bits per heavy atom. The molecule has 1 N–H and O–H groups in total. The van der Waals surface area contributed by atoms with E-state index in [0.717, 1.165) is 83.1 Å². The summed E-state index contributed by atoms with van der Waals surface area (Å²) in [5.41, 5.74) is 1.48. The van der Waals surface area contributed by atoms with Gasteiger partial charge in [0.15, 0.2) is 11.6 Å². The van der Waals surface area contributed by atoms with Crippen molar-refractivity contribution in [2.24, 2.45) is 17.3 Å². The minimum atomic E-state index is -4.00. The largest absolute Gasteiger partial charge is 0.489 e. The van der Waals surface area contributed by atoms with Crippen LogP contribution in [-0.2, 0) is 31.3 Å². The molecule has 2 aromatic rings. The molecule has 1 aromatic heterocycles. The molecule has 11 nitrogen and oxygen atoms in total. The van der Waals surface area contributed by atoms with Crippen LogP contribution in [0.4, 0.5) is 5.82 Å². The Morgan fingerprint density at radius 3 is 2.57 bits per heavy atom. The smallest absolute Gasteiger partial charge is 0.283 e. The summed E-state index contributed by atoms with van der Waals surface area (Å²) in [6.45, 7) is 14.1. The maximum absolute atomic E-state index is 13.7. The number of ether oxygens (including phenoxy) is 3. The Hall–Kier alpha value is -2.74. The number of halogens is 1. The number of piperazine rings is 1. The van der Waals surface area contributed by atoms with Crippen LogP contribution >= 0.6 is 11.6 Å². The van der Waals surface area contributed by atoms with Gasteiger partial charge in [-0.15, -0.1) is 0 Å².